The lowest BCUT2D eigenvalue weighted by Crippen LogP contribution is -2.28. The van der Waals surface area contributed by atoms with Gasteiger partial charge in [-0.05, 0) is 31.4 Å². The summed E-state index contributed by atoms with van der Waals surface area (Å²) in [6.45, 7) is 1.32. The van der Waals surface area contributed by atoms with Gasteiger partial charge in [-0.25, -0.2) is 0 Å². The first-order valence-electron chi connectivity index (χ1n) is 9.38. The molecule has 1 aliphatic rings. The molecule has 2 aromatic rings. The van der Waals surface area contributed by atoms with E-state index in [0.29, 0.717) is 13.2 Å². The highest BCUT2D eigenvalue weighted by Gasteiger charge is 2.25. The highest BCUT2D eigenvalue weighted by Crippen LogP contribution is 2.24. The Hall–Kier alpha value is -3.11. The lowest BCUT2D eigenvalue weighted by atomic mass is 10.1. The number of para-hydroxylation sites is 1. The molecule has 2 N–H and O–H groups in total. The predicted molar refractivity (Wildman–Crippen MR) is 106 cm³/mol. The fraction of sp³-hybridized carbons (Fsp3) is 0.381. The van der Waals surface area contributed by atoms with Crippen molar-refractivity contribution in [1.29, 1.82) is 5.26 Å². The summed E-state index contributed by atoms with van der Waals surface area (Å²) in [6, 6.07) is 9.80. The van der Waals surface area contributed by atoms with Gasteiger partial charge in [0.1, 0.15) is 18.2 Å². The van der Waals surface area contributed by atoms with Gasteiger partial charge in [-0.1, -0.05) is 18.2 Å². The molecule has 0 unspecified atom stereocenters. The Balaban J connectivity index is 1.80. The van der Waals surface area contributed by atoms with Crippen molar-refractivity contribution in [2.24, 2.45) is 0 Å². The van der Waals surface area contributed by atoms with Crippen molar-refractivity contribution in [1.82, 2.24) is 15.2 Å². The number of nitrogens with zero attached hydrogens (tertiary/aromatic N) is 2. The summed E-state index contributed by atoms with van der Waals surface area (Å²) in [5, 5.41) is 16.0. The number of carbonyl (C=O) groups excluding carboxylic acids is 2. The van der Waals surface area contributed by atoms with Crippen LogP contribution in [0.1, 0.15) is 24.8 Å². The Morgan fingerprint density at radius 1 is 1.36 bits per heavy atom. The molecule has 0 saturated heterocycles. The number of ether oxygens (including phenoxy) is 1. The van der Waals surface area contributed by atoms with E-state index in [4.69, 9.17) is 4.74 Å². The van der Waals surface area contributed by atoms with Crippen LogP contribution in [-0.4, -0.2) is 42.7 Å². The molecule has 0 radical (unpaired) electrons. The maximum atomic E-state index is 12.2. The minimum Gasteiger partial charge on any atom is -0.385 e. The third-order valence-electron chi connectivity index (χ3n) is 4.56. The average Bonchev–Trinajstić information content (AvgIpc) is 3.45. The van der Waals surface area contributed by atoms with Crippen molar-refractivity contribution >= 4 is 28.8 Å². The van der Waals surface area contributed by atoms with Crippen LogP contribution in [0.3, 0.4) is 0 Å². The van der Waals surface area contributed by atoms with Crippen molar-refractivity contribution < 1.29 is 14.3 Å². The van der Waals surface area contributed by atoms with E-state index in [1.807, 2.05) is 34.9 Å². The normalized spacial score (nSPS) is 13.9. The quantitative estimate of drug-likeness (QED) is 0.395. The summed E-state index contributed by atoms with van der Waals surface area (Å²) in [5.41, 5.74) is 1.68. The molecule has 7 heteroatoms. The fourth-order valence-corrected chi connectivity index (χ4v) is 2.97. The smallest absolute Gasteiger partial charge is 0.262 e. The molecular weight excluding hydrogens is 356 g/mol. The van der Waals surface area contributed by atoms with Crippen molar-refractivity contribution in [3.63, 3.8) is 0 Å². The maximum absolute atomic E-state index is 12.2. The van der Waals surface area contributed by atoms with E-state index in [-0.39, 0.29) is 30.0 Å². The van der Waals surface area contributed by atoms with Crippen LogP contribution >= 0.6 is 0 Å². The number of hydrogen-bond acceptors (Lipinski definition) is 4. The molecule has 0 aliphatic heterocycles. The number of amides is 2. The minimum atomic E-state index is -0.349. The number of nitriles is 1. The third-order valence-corrected chi connectivity index (χ3v) is 4.56. The Labute approximate surface area is 164 Å². The average molecular weight is 380 g/mol. The van der Waals surface area contributed by atoms with Crippen molar-refractivity contribution in [2.45, 2.75) is 31.8 Å². The Morgan fingerprint density at radius 3 is 2.86 bits per heavy atom. The van der Waals surface area contributed by atoms with Gasteiger partial charge in [0.2, 0.25) is 5.91 Å². The van der Waals surface area contributed by atoms with Crippen molar-refractivity contribution in [3.05, 3.63) is 41.6 Å². The second-order valence-electron chi connectivity index (χ2n) is 6.84. The fourth-order valence-electron chi connectivity index (χ4n) is 2.97. The molecule has 1 aromatic heterocycles. The first-order valence-corrected chi connectivity index (χ1v) is 9.38. The van der Waals surface area contributed by atoms with Gasteiger partial charge in [-0.15, -0.1) is 0 Å². The first kappa shape index (κ1) is 19.6. The van der Waals surface area contributed by atoms with Gasteiger partial charge in [-0.3, -0.25) is 9.59 Å². The number of aromatic nitrogens is 1. The van der Waals surface area contributed by atoms with Gasteiger partial charge < -0.3 is 19.9 Å². The number of fused-ring (bicyclic) bond motifs is 1. The van der Waals surface area contributed by atoms with E-state index in [0.717, 1.165) is 35.7 Å². The highest BCUT2D eigenvalue weighted by atomic mass is 16.5. The molecule has 7 nitrogen and oxygen atoms in total. The second kappa shape index (κ2) is 9.20. The first-order chi connectivity index (χ1) is 13.6. The summed E-state index contributed by atoms with van der Waals surface area (Å²) in [5.74, 6) is -0.447. The molecule has 2 amide bonds. The zero-order valence-electron chi connectivity index (χ0n) is 15.9. The molecule has 146 valence electrons. The van der Waals surface area contributed by atoms with Gasteiger partial charge in [0.25, 0.3) is 5.91 Å². The van der Waals surface area contributed by atoms with Crippen LogP contribution in [0.2, 0.25) is 0 Å². The lowest BCUT2D eigenvalue weighted by Gasteiger charge is -2.07. The molecule has 1 aromatic carbocycles. The predicted octanol–water partition coefficient (Wildman–Crippen LogP) is 1.98. The topological polar surface area (TPSA) is 96.2 Å². The van der Waals surface area contributed by atoms with E-state index < -0.39 is 0 Å². The zero-order valence-corrected chi connectivity index (χ0v) is 15.9. The maximum Gasteiger partial charge on any atom is 0.262 e. The highest BCUT2D eigenvalue weighted by molar-refractivity contribution is 6.04. The monoisotopic (exact) mass is 380 g/mol. The van der Waals surface area contributed by atoms with Gasteiger partial charge in [-0.2, -0.15) is 5.26 Å². The molecule has 0 atom stereocenters. The SMILES string of the molecule is COCCCNC(=O)Cn1cc(/C=C(\C#N)C(=O)NC2CC2)c2ccccc21. The largest absolute Gasteiger partial charge is 0.385 e. The summed E-state index contributed by atoms with van der Waals surface area (Å²) >= 11 is 0. The summed E-state index contributed by atoms with van der Waals surface area (Å²) in [4.78, 5) is 24.5. The summed E-state index contributed by atoms with van der Waals surface area (Å²) in [7, 11) is 1.63. The molecule has 0 bridgehead atoms. The van der Waals surface area contributed by atoms with E-state index in [1.54, 1.807) is 19.4 Å². The molecule has 0 spiro atoms. The van der Waals surface area contributed by atoms with E-state index in [2.05, 4.69) is 10.6 Å². The standard InChI is InChI=1S/C21H24N4O3/c1-28-10-4-9-23-20(26)14-25-13-16(18-5-2-3-6-19(18)25)11-15(12-22)21(27)24-17-7-8-17/h2-3,5-6,11,13,17H,4,7-10,14H2,1H3,(H,23,26)(H,24,27)/b15-11+. The number of methoxy groups -OCH3 is 1. The van der Waals surface area contributed by atoms with Crippen LogP contribution in [0.4, 0.5) is 0 Å². The van der Waals surface area contributed by atoms with Crippen molar-refractivity contribution in [2.75, 3.05) is 20.3 Å². The third kappa shape index (κ3) is 4.99. The van der Waals surface area contributed by atoms with Crippen LogP contribution < -0.4 is 10.6 Å². The second-order valence-corrected chi connectivity index (χ2v) is 6.84. The van der Waals surface area contributed by atoms with E-state index in [1.165, 1.54) is 0 Å². The van der Waals surface area contributed by atoms with Crippen LogP contribution in [0.5, 0.6) is 0 Å². The lowest BCUT2D eigenvalue weighted by molar-refractivity contribution is -0.121. The van der Waals surface area contributed by atoms with Gasteiger partial charge >= 0.3 is 0 Å². The number of carbonyl (C=O) groups is 2. The Kier molecular flexibility index (Phi) is 6.45. The van der Waals surface area contributed by atoms with Crippen LogP contribution in [0.25, 0.3) is 17.0 Å². The van der Waals surface area contributed by atoms with E-state index >= 15 is 0 Å². The number of benzene rings is 1. The van der Waals surface area contributed by atoms with Gasteiger partial charge in [0.05, 0.1) is 0 Å². The number of nitrogens with one attached hydrogen (secondary N) is 2. The minimum absolute atomic E-state index is 0.0684. The summed E-state index contributed by atoms with van der Waals surface area (Å²) in [6.07, 6.45) is 6.07. The molecule has 1 fully saturated rings. The molecule has 1 aliphatic carbocycles. The van der Waals surface area contributed by atoms with Gasteiger partial charge in [0, 0.05) is 49.0 Å². The molecule has 28 heavy (non-hydrogen) atoms. The van der Waals surface area contributed by atoms with Crippen LogP contribution in [-0.2, 0) is 20.9 Å². The van der Waals surface area contributed by atoms with Crippen molar-refractivity contribution in [3.8, 4) is 6.07 Å². The van der Waals surface area contributed by atoms with Gasteiger partial charge in [0.15, 0.2) is 0 Å². The molecule has 3 rings (SSSR count). The number of hydrogen-bond donors (Lipinski definition) is 2. The summed E-state index contributed by atoms with van der Waals surface area (Å²) < 4.78 is 6.81. The van der Waals surface area contributed by atoms with E-state index in [9.17, 15) is 14.9 Å². The van der Waals surface area contributed by atoms with Crippen LogP contribution in [0.15, 0.2) is 36.0 Å². The Bertz CT molecular complexity index is 935. The molecule has 1 heterocycles. The number of rotatable bonds is 9. The molecular formula is C21H24N4O3. The van der Waals surface area contributed by atoms with Crippen LogP contribution in [0, 0.1) is 11.3 Å². The molecule has 1 saturated carbocycles. The zero-order chi connectivity index (χ0) is 19.9. The Morgan fingerprint density at radius 2 is 2.14 bits per heavy atom.